The number of carbonyl (C=O) groups excluding carboxylic acids is 5. The summed E-state index contributed by atoms with van der Waals surface area (Å²) in [7, 11) is 1.97. The Morgan fingerprint density at radius 3 is 1.01 bits per heavy atom. The van der Waals surface area contributed by atoms with Crippen molar-refractivity contribution in [1.82, 2.24) is 10.6 Å². The smallest absolute Gasteiger partial charge is 0.333 e. The Morgan fingerprint density at radius 1 is 0.444 bits per heavy atom. The van der Waals surface area contributed by atoms with Crippen molar-refractivity contribution in [3.63, 3.8) is 0 Å². The van der Waals surface area contributed by atoms with Gasteiger partial charge in [-0.05, 0) is 34.1 Å². The molecule has 0 heterocycles. The summed E-state index contributed by atoms with van der Waals surface area (Å²) in [6, 6.07) is 0. The molecule has 90 heavy (non-hydrogen) atoms. The molecule has 0 aromatic carbocycles. The van der Waals surface area contributed by atoms with Crippen LogP contribution in [0.4, 0.5) is 0 Å². The maximum atomic E-state index is 11.2. The van der Waals surface area contributed by atoms with Crippen molar-refractivity contribution < 1.29 is 123 Å². The largest absolute Gasteiger partial charge is 0.748 e. The maximum absolute atomic E-state index is 11.2. The first kappa shape index (κ1) is 94.1. The minimum atomic E-state index is -4.45. The van der Waals surface area contributed by atoms with Crippen LogP contribution in [0.15, 0.2) is 61.3 Å². The van der Waals surface area contributed by atoms with Crippen LogP contribution in [-0.4, -0.2) is 318 Å². The van der Waals surface area contributed by atoms with Gasteiger partial charge in [-0.3, -0.25) is 9.59 Å². The molecule has 2 amide bonds. The highest BCUT2D eigenvalue weighted by molar-refractivity contribution is 7.86. The molecule has 0 saturated heterocycles. The van der Waals surface area contributed by atoms with E-state index in [1.54, 1.807) is 34.9 Å². The lowest BCUT2D eigenvalue weighted by Crippen LogP contribution is -2.49. The molecule has 0 aliphatic heterocycles. The van der Waals surface area contributed by atoms with E-state index >= 15 is 0 Å². The van der Waals surface area contributed by atoms with Gasteiger partial charge < -0.3 is 75.7 Å². The molecule has 530 valence electrons. The average Bonchev–Trinajstić information content (AvgIpc) is 2.63. The molecule has 0 bridgehead atoms. The van der Waals surface area contributed by atoms with Crippen LogP contribution in [0.3, 0.4) is 0 Å². The normalized spacial score (nSPS) is 12.8. The average molecular weight is 1380 g/mol. The molecular weight excluding hydrogens is 1260 g/mol. The summed E-state index contributed by atoms with van der Waals surface area (Å²) < 4.78 is 143. The van der Waals surface area contributed by atoms with Crippen molar-refractivity contribution in [2.24, 2.45) is 0 Å². The first-order chi connectivity index (χ1) is 40.4. The van der Waals surface area contributed by atoms with E-state index in [1.165, 1.54) is 25.8 Å². The second-order valence-electron chi connectivity index (χ2n) is 25.2. The Balaban J connectivity index is -0.000000336. The van der Waals surface area contributed by atoms with E-state index < -0.39 is 76.1 Å². The van der Waals surface area contributed by atoms with Gasteiger partial charge in [-0.25, -0.2) is 48.1 Å². The lowest BCUT2D eigenvalue weighted by Gasteiger charge is -2.32. The number of aliphatic hydroxyl groups excluding tert-OH is 2. The van der Waals surface area contributed by atoms with Crippen LogP contribution >= 0.6 is 0 Å². The molecule has 2 unspecified atom stereocenters. The van der Waals surface area contributed by atoms with Crippen molar-refractivity contribution in [1.29, 1.82) is 0 Å². The number of nitrogens with zero attached hydrogens (tertiary/aromatic N) is 5. The minimum absolute atomic E-state index is 0.0755. The summed E-state index contributed by atoms with van der Waals surface area (Å²) in [6.07, 6.45) is 3.30. The summed E-state index contributed by atoms with van der Waals surface area (Å²) >= 11 is 0. The van der Waals surface area contributed by atoms with Gasteiger partial charge in [0, 0.05) is 78.6 Å². The molecule has 2 atom stereocenters. The molecule has 29 nitrogen and oxygen atoms in total. The van der Waals surface area contributed by atoms with Crippen LogP contribution in [0.2, 0.25) is 0 Å². The van der Waals surface area contributed by atoms with Gasteiger partial charge in [0.2, 0.25) is 11.8 Å². The zero-order valence-corrected chi connectivity index (χ0v) is 59.6. The summed E-state index contributed by atoms with van der Waals surface area (Å²) in [6.45, 7) is 33.5. The Labute approximate surface area is 539 Å². The lowest BCUT2D eigenvalue weighted by atomic mass is 10.2. The Bertz CT molecular complexity index is 2710. The van der Waals surface area contributed by atoms with Crippen LogP contribution < -0.4 is 10.6 Å². The van der Waals surface area contributed by atoms with Gasteiger partial charge in [-0.1, -0.05) is 46.2 Å². The minimum Gasteiger partial charge on any atom is -0.748 e. The molecule has 4 N–H and O–H groups in total. The molecule has 0 fully saturated rings. The van der Waals surface area contributed by atoms with E-state index in [9.17, 15) is 86.1 Å². The SMILES string of the molecule is C=C(C)C(=O)NCCC[N+](C)(C)CC(O)CS(=O)(=O)[O-].C=C(C)C(=O)NCCC[N+](C)(C)CCCS(=O)(=O)[O-].C=C(C)C(=O)OCC[N+](C)(C)CC(O)CS(=O)(=O)[O-].C=C(C)C(=O)OCC[N+](C)(C)CCCS(=O)(=O)[O-].C=CC(=O)OCC[N+](C)(C)CCCC. The number of amides is 2. The van der Waals surface area contributed by atoms with Crippen molar-refractivity contribution >= 4 is 70.2 Å². The number of quaternary nitrogens is 5. The van der Waals surface area contributed by atoms with Crippen molar-refractivity contribution in [3.05, 3.63) is 61.3 Å². The van der Waals surface area contributed by atoms with E-state index in [2.05, 4.69) is 64.5 Å². The fraction of sp³-hybridized carbons (Fsp3) is 0.737. The fourth-order valence-corrected chi connectivity index (χ4v) is 9.47. The zero-order chi connectivity index (χ0) is 71.8. The molecule has 0 aliphatic rings. The monoisotopic (exact) mass is 1370 g/mol. The van der Waals surface area contributed by atoms with E-state index in [4.69, 9.17) is 14.2 Å². The van der Waals surface area contributed by atoms with Gasteiger partial charge in [0.25, 0.3) is 0 Å². The molecule has 0 spiro atoms. The van der Waals surface area contributed by atoms with Gasteiger partial charge in [0.1, 0.15) is 64.8 Å². The van der Waals surface area contributed by atoms with E-state index in [-0.39, 0.29) is 60.1 Å². The molecule has 0 saturated carbocycles. The first-order valence-corrected chi connectivity index (χ1v) is 35.3. The molecule has 0 rings (SSSR count). The number of hydrogen-bond donors (Lipinski definition) is 4. The highest BCUT2D eigenvalue weighted by atomic mass is 32.2. The standard InChI is InChI=1S/C12H24N2O5S.C12H24N2O4S.C11H21NO6S.C11H21NO5S.C11H22NO2/c1-10(2)12(16)13-6-5-7-14(3,4)8-11(15)9-20(17,18)19;1-11(2)12(15)13-7-5-8-14(3,4)9-6-10-19(16,17)18;1-9(2)11(14)18-6-5-12(3,4)7-10(13)8-19(15,16)17;1-10(2)11(13)17-8-7-12(3,4)6-5-9-18(14,15)16;1-5-7-8-12(3,4)9-10-14-11(13)6-2/h11,15H,1,5-9H2,2-4H3,(H-,13,16,17,18,19);1,5-10H2,2-4H3,(H-,13,15,16,17,18);10,13H,1,5-8H2,2-4H3;1,5-9H2,2-4H3;6H,2,5,7-10H2,1,3-4H3/q;;;;+1. The third kappa shape index (κ3) is 67.8. The quantitative estimate of drug-likeness (QED) is 0.0155. The summed E-state index contributed by atoms with van der Waals surface area (Å²) in [5, 5.41) is 24.5. The Hall–Kier alpha value is -4.59. The van der Waals surface area contributed by atoms with E-state index in [1.807, 2.05) is 42.3 Å². The number of aliphatic hydroxyl groups is 2. The second kappa shape index (κ2) is 45.7. The van der Waals surface area contributed by atoms with Crippen molar-refractivity contribution in [2.45, 2.75) is 85.4 Å². The van der Waals surface area contributed by atoms with E-state index in [0.717, 1.165) is 30.5 Å². The highest BCUT2D eigenvalue weighted by Crippen LogP contribution is 2.08. The Morgan fingerprint density at radius 2 is 0.722 bits per heavy atom. The molecule has 33 heteroatoms. The second-order valence-corrected chi connectivity index (χ2v) is 31.1. The zero-order valence-electron chi connectivity index (χ0n) is 56.4. The number of unbranched alkanes of at least 4 members (excludes halogenated alkanes) is 1. The molecule has 0 aromatic rings. The molecular formula is C57H112N7O22S4+. The highest BCUT2D eigenvalue weighted by Gasteiger charge is 2.24. The van der Waals surface area contributed by atoms with Crippen LogP contribution in [0.1, 0.15) is 73.1 Å². The number of rotatable bonds is 41. The van der Waals surface area contributed by atoms with Gasteiger partial charge in [0.15, 0.2) is 0 Å². The lowest BCUT2D eigenvalue weighted by molar-refractivity contribution is -0.893. The predicted molar refractivity (Wildman–Crippen MR) is 341 cm³/mol. The Kier molecular flexibility index (Phi) is 47.7. The fourth-order valence-electron chi connectivity index (χ4n) is 7.35. The van der Waals surface area contributed by atoms with Gasteiger partial charge in [-0.15, -0.1) is 0 Å². The van der Waals surface area contributed by atoms with Crippen molar-refractivity contribution in [3.8, 4) is 0 Å². The summed E-state index contributed by atoms with van der Waals surface area (Å²) in [5.41, 5.74) is 1.56. The number of hydrogen-bond acceptors (Lipinski definition) is 22. The van der Waals surface area contributed by atoms with Crippen molar-refractivity contribution in [2.75, 3.05) is 192 Å². The third-order valence-corrected chi connectivity index (χ3v) is 15.7. The predicted octanol–water partition coefficient (Wildman–Crippen LogP) is -0.0705. The summed E-state index contributed by atoms with van der Waals surface area (Å²) in [5.74, 6) is -3.89. The molecule has 0 radical (unpaired) electrons. The van der Waals surface area contributed by atoms with Gasteiger partial charge in [-0.2, -0.15) is 0 Å². The van der Waals surface area contributed by atoms with Gasteiger partial charge in [0.05, 0.1) is 155 Å². The first-order valence-electron chi connectivity index (χ1n) is 29.0. The number of esters is 3. The number of carbonyl (C=O) groups is 5. The van der Waals surface area contributed by atoms with Gasteiger partial charge >= 0.3 is 17.9 Å². The molecule has 0 aliphatic carbocycles. The van der Waals surface area contributed by atoms with Crippen LogP contribution in [0.25, 0.3) is 0 Å². The molecule has 0 aromatic heterocycles. The number of ether oxygens (including phenoxy) is 3. The maximum Gasteiger partial charge on any atom is 0.333 e. The number of nitrogens with one attached hydrogen (secondary N) is 2. The number of likely N-dealkylation sites (N-methyl/N-ethyl adjacent to an activating group) is 4. The van der Waals surface area contributed by atoms with Crippen LogP contribution in [0.5, 0.6) is 0 Å². The van der Waals surface area contributed by atoms with Crippen LogP contribution in [0, 0.1) is 0 Å². The topological polar surface area (TPSA) is 406 Å². The third-order valence-electron chi connectivity index (χ3n) is 12.5. The van der Waals surface area contributed by atoms with E-state index in [0.29, 0.717) is 107 Å². The summed E-state index contributed by atoms with van der Waals surface area (Å²) in [4.78, 5) is 55.5. The van der Waals surface area contributed by atoms with Crippen LogP contribution in [-0.2, 0) is 78.7 Å².